The summed E-state index contributed by atoms with van der Waals surface area (Å²) >= 11 is 4.24. The third-order valence-corrected chi connectivity index (χ3v) is 1.53. The molecule has 0 N–H and O–H groups in total. The second kappa shape index (κ2) is 5.53. The van der Waals surface area contributed by atoms with Crippen molar-refractivity contribution in [1.82, 2.24) is 4.98 Å². The summed E-state index contributed by atoms with van der Waals surface area (Å²) in [5, 5.41) is 11.1. The van der Waals surface area contributed by atoms with E-state index in [2.05, 4.69) is 42.2 Å². The molecule has 0 unspecified atom stereocenters. The fraction of sp³-hybridized carbons (Fsp3) is 0. The van der Waals surface area contributed by atoms with Gasteiger partial charge in [-0.1, -0.05) is 12.1 Å². The molecule has 0 amide bonds. The maximum Gasteiger partial charge on any atom is 0.242 e. The van der Waals surface area contributed by atoms with Crippen LogP contribution < -0.4 is 4.73 Å². The van der Waals surface area contributed by atoms with Crippen LogP contribution in [-0.4, -0.2) is 4.98 Å². The van der Waals surface area contributed by atoms with E-state index < -0.39 is 0 Å². The highest BCUT2D eigenvalue weighted by Gasteiger charge is 1.99. The molecule has 0 aliphatic carbocycles. The molecule has 5 heteroatoms. The molecule has 2 rings (SSSR count). The molecule has 0 radical (unpaired) electrons. The lowest BCUT2D eigenvalue weighted by Gasteiger charge is -1.97. The van der Waals surface area contributed by atoms with Gasteiger partial charge in [0, 0.05) is 43.3 Å². The smallest absolute Gasteiger partial charge is 0.242 e. The number of aromatic nitrogens is 2. The van der Waals surface area contributed by atoms with Gasteiger partial charge in [0.2, 0.25) is 5.52 Å². The quantitative estimate of drug-likeness (QED) is 0.388. The Kier molecular flexibility index (Phi) is 4.64. The number of rotatable bonds is 0. The average molecular weight is 400 g/mol. The number of nitrogens with zero attached hydrogens (tertiary/aromatic N) is 2. The molecule has 0 fully saturated rings. The van der Waals surface area contributed by atoms with Crippen molar-refractivity contribution in [1.29, 1.82) is 0 Å². The Morgan fingerprint density at radius 3 is 2.62 bits per heavy atom. The first-order chi connectivity index (χ1) is 6.38. The molecule has 0 atom stereocenters. The molecule has 0 aliphatic heterocycles. The lowest BCUT2D eigenvalue weighted by molar-refractivity contribution is -0.577. The summed E-state index contributed by atoms with van der Waals surface area (Å²) in [6.45, 7) is 0. The molecule has 0 bridgehead atoms. The van der Waals surface area contributed by atoms with E-state index in [0.717, 1.165) is 10.2 Å². The van der Waals surface area contributed by atoms with Crippen LogP contribution in [0.5, 0.6) is 0 Å². The average Bonchev–Trinajstić information content (AvgIpc) is 2.22. The number of halogens is 2. The SMILES string of the molecule is II.[O-][n+]1ccnc2ccccc21. The maximum atomic E-state index is 11.1. The van der Waals surface area contributed by atoms with Crippen LogP contribution in [-0.2, 0) is 0 Å². The van der Waals surface area contributed by atoms with Crippen molar-refractivity contribution in [2.45, 2.75) is 0 Å². The van der Waals surface area contributed by atoms with Crippen LogP contribution >= 0.6 is 37.2 Å². The minimum absolute atomic E-state index is 0.606. The highest BCUT2D eigenvalue weighted by atomic mass is 128. The number of benzene rings is 1. The number of para-hydroxylation sites is 2. The molecule has 0 spiro atoms. The van der Waals surface area contributed by atoms with Crippen molar-refractivity contribution >= 4 is 48.3 Å². The Morgan fingerprint density at radius 1 is 1.23 bits per heavy atom. The monoisotopic (exact) mass is 400 g/mol. The van der Waals surface area contributed by atoms with Crippen LogP contribution in [0.2, 0.25) is 0 Å². The predicted octanol–water partition coefficient (Wildman–Crippen LogP) is 2.64. The molecule has 13 heavy (non-hydrogen) atoms. The summed E-state index contributed by atoms with van der Waals surface area (Å²) in [5.74, 6) is 0. The lowest BCUT2D eigenvalue weighted by Crippen LogP contribution is -2.26. The Labute approximate surface area is 99.1 Å². The van der Waals surface area contributed by atoms with Gasteiger partial charge in [-0.05, 0) is 6.07 Å². The Hall–Kier alpha value is -0.180. The zero-order valence-electron chi connectivity index (χ0n) is 6.52. The lowest BCUT2D eigenvalue weighted by atomic mass is 10.3. The zero-order valence-corrected chi connectivity index (χ0v) is 10.8. The summed E-state index contributed by atoms with van der Waals surface area (Å²) in [5.41, 5.74) is 1.33. The van der Waals surface area contributed by atoms with E-state index in [1.54, 1.807) is 6.07 Å². The first kappa shape index (κ1) is 10.9. The van der Waals surface area contributed by atoms with Crippen LogP contribution in [0.15, 0.2) is 36.7 Å². The highest BCUT2D eigenvalue weighted by Crippen LogP contribution is 2.03. The molecule has 68 valence electrons. The van der Waals surface area contributed by atoms with Crippen LogP contribution in [0.3, 0.4) is 0 Å². The topological polar surface area (TPSA) is 39.8 Å². The van der Waals surface area contributed by atoms with E-state index in [1.165, 1.54) is 12.4 Å². The maximum absolute atomic E-state index is 11.1. The minimum atomic E-state index is 0.606. The molecule has 3 nitrogen and oxygen atoms in total. The van der Waals surface area contributed by atoms with Crippen LogP contribution in [0.1, 0.15) is 0 Å². The number of hydrogen-bond acceptors (Lipinski definition) is 2. The van der Waals surface area contributed by atoms with E-state index in [1.807, 2.05) is 18.2 Å². The Morgan fingerprint density at radius 2 is 1.92 bits per heavy atom. The van der Waals surface area contributed by atoms with Crippen molar-refractivity contribution < 1.29 is 4.73 Å². The molecule has 0 saturated heterocycles. The van der Waals surface area contributed by atoms with Gasteiger partial charge in [-0.15, -0.1) is 0 Å². The van der Waals surface area contributed by atoms with E-state index in [9.17, 15) is 5.21 Å². The molecule has 0 aliphatic rings. The Bertz CT molecular complexity index is 389. The van der Waals surface area contributed by atoms with Gasteiger partial charge in [-0.3, -0.25) is 0 Å². The highest BCUT2D eigenvalue weighted by molar-refractivity contribution is 15.0. The van der Waals surface area contributed by atoms with Gasteiger partial charge in [0.15, 0.2) is 6.20 Å². The second-order valence-corrected chi connectivity index (χ2v) is 2.24. The van der Waals surface area contributed by atoms with E-state index in [-0.39, 0.29) is 0 Å². The minimum Gasteiger partial charge on any atom is -0.618 e. The fourth-order valence-electron chi connectivity index (χ4n) is 1.01. The van der Waals surface area contributed by atoms with Crippen molar-refractivity contribution in [3.8, 4) is 0 Å². The van der Waals surface area contributed by atoms with Gasteiger partial charge < -0.3 is 5.21 Å². The van der Waals surface area contributed by atoms with E-state index in [4.69, 9.17) is 0 Å². The normalized spacial score (nSPS) is 9.08. The third kappa shape index (κ3) is 2.63. The largest absolute Gasteiger partial charge is 0.618 e. The van der Waals surface area contributed by atoms with Gasteiger partial charge in [0.05, 0.1) is 6.20 Å². The summed E-state index contributed by atoms with van der Waals surface area (Å²) in [7, 11) is 0. The number of fused-ring (bicyclic) bond motifs is 1. The summed E-state index contributed by atoms with van der Waals surface area (Å²) in [6, 6.07) is 7.23. The first-order valence-electron chi connectivity index (χ1n) is 3.45. The Balaban J connectivity index is 0.000000396. The molecule has 0 saturated carbocycles. The summed E-state index contributed by atoms with van der Waals surface area (Å²) in [6.07, 6.45) is 2.89. The van der Waals surface area contributed by atoms with Crippen molar-refractivity contribution in [3.05, 3.63) is 41.9 Å². The van der Waals surface area contributed by atoms with Gasteiger partial charge >= 0.3 is 0 Å². The van der Waals surface area contributed by atoms with Gasteiger partial charge in [0.25, 0.3) is 0 Å². The summed E-state index contributed by atoms with van der Waals surface area (Å²) in [4.78, 5) is 4.02. The molecule has 2 aromatic rings. The van der Waals surface area contributed by atoms with E-state index in [0.29, 0.717) is 5.52 Å². The third-order valence-electron chi connectivity index (χ3n) is 1.53. The first-order valence-corrected chi connectivity index (χ1v) is 9.74. The van der Waals surface area contributed by atoms with Gasteiger partial charge in [0.1, 0.15) is 5.52 Å². The van der Waals surface area contributed by atoms with Crippen LogP contribution in [0, 0.1) is 5.21 Å². The molecule has 1 aromatic heterocycles. The molecular weight excluding hydrogens is 394 g/mol. The standard InChI is InChI=1S/C8H6N2O.I2/c11-10-6-5-9-7-3-1-2-4-8(7)10;1-2/h1-6H;. The zero-order chi connectivity index (χ0) is 9.68. The van der Waals surface area contributed by atoms with Gasteiger partial charge in [-0.25, -0.2) is 4.98 Å². The van der Waals surface area contributed by atoms with Gasteiger partial charge in [-0.2, -0.15) is 4.73 Å². The molecule has 1 heterocycles. The molecule has 1 aromatic carbocycles. The predicted molar refractivity (Wildman–Crippen MR) is 68.7 cm³/mol. The second-order valence-electron chi connectivity index (χ2n) is 2.24. The van der Waals surface area contributed by atoms with Crippen LogP contribution in [0.25, 0.3) is 11.0 Å². The molecular formula is C8H6I2N2O. The van der Waals surface area contributed by atoms with Crippen molar-refractivity contribution in [2.75, 3.05) is 0 Å². The summed E-state index contributed by atoms with van der Waals surface area (Å²) < 4.78 is 0.808. The van der Waals surface area contributed by atoms with Crippen LogP contribution in [0.4, 0.5) is 0 Å². The number of hydrogen-bond donors (Lipinski definition) is 0. The van der Waals surface area contributed by atoms with Crippen molar-refractivity contribution in [3.63, 3.8) is 0 Å². The van der Waals surface area contributed by atoms with E-state index >= 15 is 0 Å². The fourth-order valence-corrected chi connectivity index (χ4v) is 1.01. The van der Waals surface area contributed by atoms with Crippen molar-refractivity contribution in [2.24, 2.45) is 0 Å².